The fourth-order valence-corrected chi connectivity index (χ4v) is 4.83. The van der Waals surface area contributed by atoms with Gasteiger partial charge >= 0.3 is 11.9 Å². The zero-order valence-electron chi connectivity index (χ0n) is 13.8. The molecule has 2 atom stereocenters. The van der Waals surface area contributed by atoms with E-state index in [9.17, 15) is 26.4 Å². The van der Waals surface area contributed by atoms with Gasteiger partial charge in [0.15, 0.2) is 12.2 Å². The number of carbonyl (C=O) groups excluding carboxylic acids is 2. The summed E-state index contributed by atoms with van der Waals surface area (Å²) in [5, 5.41) is 0. The quantitative estimate of drug-likeness (QED) is 0.381. The molecule has 0 saturated carbocycles. The van der Waals surface area contributed by atoms with Crippen molar-refractivity contribution >= 4 is 32.2 Å². The second kappa shape index (κ2) is 7.17. The lowest BCUT2D eigenvalue weighted by molar-refractivity contribution is -0.144. The first-order valence-corrected chi connectivity index (χ1v) is 10.7. The highest BCUT2D eigenvalue weighted by Gasteiger charge is 2.47. The SMILES string of the molecule is CC1(C)COC(=O)C1OS(=O)(=O)CCCS(=O)(=O)OC1CCOC1=O. The summed E-state index contributed by atoms with van der Waals surface area (Å²) in [6.45, 7) is 3.36. The molecule has 0 N–H and O–H groups in total. The van der Waals surface area contributed by atoms with Gasteiger partial charge in [0.05, 0.1) is 24.7 Å². The molecule has 0 spiro atoms. The molecule has 12 heteroatoms. The van der Waals surface area contributed by atoms with Crippen LogP contribution in [-0.2, 0) is 47.7 Å². The van der Waals surface area contributed by atoms with Gasteiger partial charge in [-0.15, -0.1) is 0 Å². The van der Waals surface area contributed by atoms with Crippen LogP contribution < -0.4 is 0 Å². The van der Waals surface area contributed by atoms with Gasteiger partial charge in [-0.1, -0.05) is 13.8 Å². The Labute approximate surface area is 146 Å². The van der Waals surface area contributed by atoms with Crippen LogP contribution in [0.4, 0.5) is 0 Å². The molecule has 0 aromatic carbocycles. The molecular weight excluding hydrogens is 380 g/mol. The monoisotopic (exact) mass is 400 g/mol. The van der Waals surface area contributed by atoms with Gasteiger partial charge in [-0.2, -0.15) is 16.8 Å². The van der Waals surface area contributed by atoms with Crippen LogP contribution in [0, 0.1) is 5.41 Å². The van der Waals surface area contributed by atoms with E-state index in [-0.39, 0.29) is 26.1 Å². The zero-order chi connectivity index (χ0) is 18.9. The first-order chi connectivity index (χ1) is 11.4. The van der Waals surface area contributed by atoms with E-state index in [1.807, 2.05) is 0 Å². The molecule has 0 aliphatic carbocycles. The molecule has 2 heterocycles. The lowest BCUT2D eigenvalue weighted by Gasteiger charge is -2.21. The van der Waals surface area contributed by atoms with Crippen LogP contribution in [0.2, 0.25) is 0 Å². The smallest absolute Gasteiger partial charge is 0.337 e. The van der Waals surface area contributed by atoms with Crippen molar-refractivity contribution in [2.75, 3.05) is 24.7 Å². The van der Waals surface area contributed by atoms with Crippen LogP contribution in [-0.4, -0.2) is 65.7 Å². The van der Waals surface area contributed by atoms with E-state index in [2.05, 4.69) is 4.74 Å². The van der Waals surface area contributed by atoms with Crippen molar-refractivity contribution in [1.82, 2.24) is 0 Å². The van der Waals surface area contributed by atoms with E-state index in [4.69, 9.17) is 13.1 Å². The molecule has 0 aromatic rings. The second-order valence-corrected chi connectivity index (χ2v) is 9.92. The highest BCUT2D eigenvalue weighted by molar-refractivity contribution is 7.87. The molecule has 0 amide bonds. The van der Waals surface area contributed by atoms with Crippen LogP contribution in [0.15, 0.2) is 0 Å². The van der Waals surface area contributed by atoms with Crippen molar-refractivity contribution in [2.45, 2.75) is 38.9 Å². The topological polar surface area (TPSA) is 139 Å². The van der Waals surface area contributed by atoms with Crippen LogP contribution in [0.25, 0.3) is 0 Å². The molecule has 0 bridgehead atoms. The summed E-state index contributed by atoms with van der Waals surface area (Å²) in [6.07, 6.45) is -2.64. The normalized spacial score (nSPS) is 26.5. The molecule has 0 radical (unpaired) electrons. The molecule has 144 valence electrons. The molecule has 0 aromatic heterocycles. The van der Waals surface area contributed by atoms with Gasteiger partial charge in [-0.25, -0.2) is 9.59 Å². The van der Waals surface area contributed by atoms with E-state index in [0.29, 0.717) is 0 Å². The number of rotatable bonds is 8. The number of carbonyl (C=O) groups is 2. The van der Waals surface area contributed by atoms with Crippen LogP contribution in [0.5, 0.6) is 0 Å². The van der Waals surface area contributed by atoms with Crippen LogP contribution >= 0.6 is 0 Å². The molecule has 2 saturated heterocycles. The molecule has 2 aliphatic rings. The third-order valence-corrected chi connectivity index (χ3v) is 6.28. The largest absolute Gasteiger partial charge is 0.464 e. The molecule has 2 unspecified atom stereocenters. The number of hydrogen-bond acceptors (Lipinski definition) is 10. The lowest BCUT2D eigenvalue weighted by Crippen LogP contribution is -2.35. The number of ether oxygens (including phenoxy) is 2. The Kier molecular flexibility index (Phi) is 5.76. The van der Waals surface area contributed by atoms with Crippen LogP contribution in [0.3, 0.4) is 0 Å². The maximum absolute atomic E-state index is 12.0. The Morgan fingerprint density at radius 2 is 1.60 bits per heavy atom. The summed E-state index contributed by atoms with van der Waals surface area (Å²) >= 11 is 0. The lowest BCUT2D eigenvalue weighted by atomic mass is 9.90. The van der Waals surface area contributed by atoms with Gasteiger partial charge in [0.1, 0.15) is 0 Å². The average molecular weight is 400 g/mol. The van der Waals surface area contributed by atoms with E-state index in [1.165, 1.54) is 0 Å². The fraction of sp³-hybridized carbons (Fsp3) is 0.846. The van der Waals surface area contributed by atoms with Crippen molar-refractivity contribution in [1.29, 1.82) is 0 Å². The Hall–Kier alpha value is -1.24. The first kappa shape index (κ1) is 20.1. The van der Waals surface area contributed by atoms with Crippen molar-refractivity contribution in [3.8, 4) is 0 Å². The molecule has 25 heavy (non-hydrogen) atoms. The summed E-state index contributed by atoms with van der Waals surface area (Å²) in [5.41, 5.74) is -0.803. The minimum Gasteiger partial charge on any atom is -0.464 e. The Morgan fingerprint density at radius 3 is 2.08 bits per heavy atom. The third-order valence-electron chi connectivity index (χ3n) is 3.69. The summed E-state index contributed by atoms with van der Waals surface area (Å²) in [6, 6.07) is 0. The molecule has 10 nitrogen and oxygen atoms in total. The van der Waals surface area contributed by atoms with Gasteiger partial charge in [0.2, 0.25) is 0 Å². The minimum atomic E-state index is -4.14. The Balaban J connectivity index is 1.85. The summed E-state index contributed by atoms with van der Waals surface area (Å²) in [5.74, 6) is -2.77. The fourth-order valence-electron chi connectivity index (χ4n) is 2.29. The van der Waals surface area contributed by atoms with Crippen molar-refractivity contribution in [3.63, 3.8) is 0 Å². The average Bonchev–Trinajstić information content (AvgIpc) is 2.96. The summed E-state index contributed by atoms with van der Waals surface area (Å²) in [7, 11) is -8.24. The molecule has 2 fully saturated rings. The Bertz CT molecular complexity index is 737. The Morgan fingerprint density at radius 1 is 1.00 bits per heavy atom. The second-order valence-electron chi connectivity index (χ2n) is 6.49. The van der Waals surface area contributed by atoms with E-state index < -0.39 is 61.3 Å². The molecular formula is C13H20O10S2. The summed E-state index contributed by atoms with van der Waals surface area (Å²) in [4.78, 5) is 22.8. The highest BCUT2D eigenvalue weighted by Crippen LogP contribution is 2.32. The third kappa shape index (κ3) is 5.36. The van der Waals surface area contributed by atoms with E-state index in [1.54, 1.807) is 13.8 Å². The van der Waals surface area contributed by atoms with Gasteiger partial charge in [-0.05, 0) is 6.42 Å². The van der Waals surface area contributed by atoms with Crippen molar-refractivity contribution in [3.05, 3.63) is 0 Å². The summed E-state index contributed by atoms with van der Waals surface area (Å²) < 4.78 is 66.4. The van der Waals surface area contributed by atoms with Crippen molar-refractivity contribution < 1.29 is 44.3 Å². The molecule has 2 rings (SSSR count). The maximum Gasteiger partial charge on any atom is 0.337 e. The number of cyclic esters (lactones) is 2. The van der Waals surface area contributed by atoms with Gasteiger partial charge in [-0.3, -0.25) is 8.37 Å². The standard InChI is InChI=1S/C13H20O10S2/c1-13(2)8-21-12(15)10(13)23-25(18,19)7-3-6-24(16,17)22-9-4-5-20-11(9)14/h9-10H,3-8H2,1-2H3. The molecule has 2 aliphatic heterocycles. The maximum atomic E-state index is 12.0. The van der Waals surface area contributed by atoms with Gasteiger partial charge < -0.3 is 9.47 Å². The van der Waals surface area contributed by atoms with Crippen LogP contribution in [0.1, 0.15) is 26.7 Å². The van der Waals surface area contributed by atoms with Crippen molar-refractivity contribution in [2.24, 2.45) is 5.41 Å². The first-order valence-electron chi connectivity index (χ1n) is 7.57. The van der Waals surface area contributed by atoms with Gasteiger partial charge in [0, 0.05) is 11.8 Å². The zero-order valence-corrected chi connectivity index (χ0v) is 15.4. The van der Waals surface area contributed by atoms with E-state index >= 15 is 0 Å². The predicted octanol–water partition coefficient (Wildman–Crippen LogP) is -0.664. The minimum absolute atomic E-state index is 0.0335. The van der Waals surface area contributed by atoms with Gasteiger partial charge in [0.25, 0.3) is 20.2 Å². The number of esters is 2. The number of hydrogen-bond donors (Lipinski definition) is 0. The predicted molar refractivity (Wildman–Crippen MR) is 82.3 cm³/mol. The van der Waals surface area contributed by atoms with E-state index in [0.717, 1.165) is 0 Å². The highest BCUT2D eigenvalue weighted by atomic mass is 32.2.